The zero-order valence-electron chi connectivity index (χ0n) is 8.46. The van der Waals surface area contributed by atoms with Gasteiger partial charge in [0.2, 0.25) is 0 Å². The highest BCUT2D eigenvalue weighted by Gasteiger charge is 2.11. The molecule has 0 nitrogen and oxygen atoms in total. The molecule has 0 spiro atoms. The lowest BCUT2D eigenvalue weighted by molar-refractivity contribution is 1.26. The van der Waals surface area contributed by atoms with Gasteiger partial charge in [0.25, 0.3) is 0 Å². The molecular formula is C14H12. The maximum atomic E-state index is 2.21. The summed E-state index contributed by atoms with van der Waals surface area (Å²) >= 11 is 0. The number of fused-ring (bicyclic) bond motifs is 3. The number of hydrogen-bond acceptors (Lipinski definition) is 0. The van der Waals surface area contributed by atoms with E-state index in [1.807, 2.05) is 0 Å². The van der Waals surface area contributed by atoms with Gasteiger partial charge >= 0.3 is 0 Å². The molecule has 0 aromatic heterocycles. The van der Waals surface area contributed by atoms with Crippen molar-refractivity contribution < 1.29 is 0 Å². The number of benzene rings is 1. The van der Waals surface area contributed by atoms with Crippen LogP contribution in [0.2, 0.25) is 0 Å². The lowest BCUT2D eigenvalue weighted by Crippen LogP contribution is -2.22. The third-order valence-electron chi connectivity index (χ3n) is 3.29. The van der Waals surface area contributed by atoms with Crippen LogP contribution in [0.3, 0.4) is 0 Å². The van der Waals surface area contributed by atoms with Crippen LogP contribution in [0.5, 0.6) is 0 Å². The van der Waals surface area contributed by atoms with E-state index in [0.29, 0.717) is 0 Å². The van der Waals surface area contributed by atoms with Crippen LogP contribution >= 0.6 is 0 Å². The molecule has 1 aromatic carbocycles. The summed E-state index contributed by atoms with van der Waals surface area (Å²) in [5.41, 5.74) is 5.63. The minimum atomic E-state index is 1.40. The Morgan fingerprint density at radius 1 is 0.714 bits per heavy atom. The van der Waals surface area contributed by atoms with E-state index in [0.717, 1.165) is 0 Å². The average molecular weight is 180 g/mol. The molecule has 0 amide bonds. The van der Waals surface area contributed by atoms with Crippen molar-refractivity contribution >= 4 is 24.3 Å². The molecule has 0 saturated carbocycles. The van der Waals surface area contributed by atoms with E-state index in [2.05, 4.69) is 50.3 Å². The zero-order valence-corrected chi connectivity index (χ0v) is 8.46. The van der Waals surface area contributed by atoms with Crippen LogP contribution in [0.15, 0.2) is 12.2 Å². The molecule has 0 radical (unpaired) electrons. The lowest BCUT2D eigenvalue weighted by Gasteiger charge is -2.07. The highest BCUT2D eigenvalue weighted by molar-refractivity contribution is 5.80. The molecular weight excluding hydrogens is 168 g/mol. The highest BCUT2D eigenvalue weighted by atomic mass is 14.2. The predicted octanol–water partition coefficient (Wildman–Crippen LogP) is 1.92. The Labute approximate surface area is 83.6 Å². The van der Waals surface area contributed by atoms with Crippen LogP contribution in [0.4, 0.5) is 0 Å². The van der Waals surface area contributed by atoms with Gasteiger partial charge in [-0.3, -0.25) is 0 Å². The average Bonchev–Trinajstić information content (AvgIpc) is 2.80. The Bertz CT molecular complexity index is 541. The molecule has 0 unspecified atom stereocenters. The Kier molecular flexibility index (Phi) is 1.38. The molecule has 68 valence electrons. The van der Waals surface area contributed by atoms with Crippen molar-refractivity contribution in [2.45, 2.75) is 13.8 Å². The minimum absolute atomic E-state index is 1.40. The summed E-state index contributed by atoms with van der Waals surface area (Å²) in [5.74, 6) is 0. The molecule has 0 aliphatic heterocycles. The molecule has 2 aliphatic rings. The van der Waals surface area contributed by atoms with Crippen molar-refractivity contribution in [1.29, 1.82) is 0 Å². The third-order valence-corrected chi connectivity index (χ3v) is 3.29. The van der Waals surface area contributed by atoms with E-state index < -0.39 is 0 Å². The molecule has 2 aliphatic carbocycles. The summed E-state index contributed by atoms with van der Waals surface area (Å²) in [7, 11) is 0. The fourth-order valence-electron chi connectivity index (χ4n) is 2.37. The molecule has 1 aromatic rings. The third kappa shape index (κ3) is 0.784. The van der Waals surface area contributed by atoms with E-state index in [-0.39, 0.29) is 0 Å². The molecule has 0 N–H and O–H groups in total. The van der Waals surface area contributed by atoms with Crippen LogP contribution in [0.25, 0.3) is 24.3 Å². The summed E-state index contributed by atoms with van der Waals surface area (Å²) in [6.07, 6.45) is 13.1. The van der Waals surface area contributed by atoms with E-state index in [1.165, 1.54) is 32.7 Å². The van der Waals surface area contributed by atoms with Gasteiger partial charge in [-0.25, -0.2) is 0 Å². The van der Waals surface area contributed by atoms with Crippen LogP contribution in [-0.2, 0) is 0 Å². The van der Waals surface area contributed by atoms with Crippen LogP contribution in [0, 0.1) is 13.8 Å². The quantitative estimate of drug-likeness (QED) is 0.572. The van der Waals surface area contributed by atoms with E-state index >= 15 is 0 Å². The molecule has 0 fully saturated rings. The highest BCUT2D eigenvalue weighted by Crippen LogP contribution is 2.15. The molecule has 0 heterocycles. The maximum Gasteiger partial charge on any atom is -0.0103 e. The maximum absolute atomic E-state index is 2.21. The van der Waals surface area contributed by atoms with Crippen molar-refractivity contribution in [3.05, 3.63) is 44.8 Å². The van der Waals surface area contributed by atoms with Gasteiger partial charge in [-0.05, 0) is 46.5 Å². The van der Waals surface area contributed by atoms with Gasteiger partial charge in [-0.15, -0.1) is 0 Å². The largest absolute Gasteiger partial charge is 0.0610 e. The Morgan fingerprint density at radius 3 is 1.57 bits per heavy atom. The molecule has 0 heteroatoms. The number of hydrogen-bond donors (Lipinski definition) is 0. The van der Waals surface area contributed by atoms with Gasteiger partial charge in [-0.2, -0.15) is 0 Å². The molecule has 0 atom stereocenters. The summed E-state index contributed by atoms with van der Waals surface area (Å²) in [6.45, 7) is 4.42. The van der Waals surface area contributed by atoms with Crippen molar-refractivity contribution in [1.82, 2.24) is 0 Å². The Morgan fingerprint density at radius 2 is 1.14 bits per heavy atom. The van der Waals surface area contributed by atoms with Crippen molar-refractivity contribution in [2.75, 3.05) is 0 Å². The molecule has 3 rings (SSSR count). The zero-order chi connectivity index (χ0) is 9.71. The van der Waals surface area contributed by atoms with E-state index in [1.54, 1.807) is 0 Å². The standard InChI is InChI=1S/C14H12/c1-9-10(2)12-6-4-8-14(12)13-7-3-5-11(9)13/h3-8H,1-2H3. The summed E-state index contributed by atoms with van der Waals surface area (Å²) in [4.78, 5) is 0. The first-order chi connectivity index (χ1) is 6.79. The van der Waals surface area contributed by atoms with E-state index in [9.17, 15) is 0 Å². The van der Waals surface area contributed by atoms with Crippen molar-refractivity contribution in [3.63, 3.8) is 0 Å². The molecule has 0 bridgehead atoms. The first-order valence-corrected chi connectivity index (χ1v) is 4.99. The summed E-state index contributed by atoms with van der Waals surface area (Å²) in [5, 5.41) is 2.81. The minimum Gasteiger partial charge on any atom is -0.0610 e. The predicted molar refractivity (Wildman–Crippen MR) is 62.2 cm³/mol. The van der Waals surface area contributed by atoms with Crippen molar-refractivity contribution in [3.8, 4) is 0 Å². The first-order valence-electron chi connectivity index (χ1n) is 4.99. The van der Waals surface area contributed by atoms with Gasteiger partial charge in [-0.1, -0.05) is 36.5 Å². The summed E-state index contributed by atoms with van der Waals surface area (Å²) < 4.78 is 0. The lowest BCUT2D eigenvalue weighted by atomic mass is 9.97. The van der Waals surface area contributed by atoms with Gasteiger partial charge in [0.1, 0.15) is 0 Å². The van der Waals surface area contributed by atoms with E-state index in [4.69, 9.17) is 0 Å². The van der Waals surface area contributed by atoms with Gasteiger partial charge in [0.15, 0.2) is 0 Å². The monoisotopic (exact) mass is 180 g/mol. The van der Waals surface area contributed by atoms with Crippen LogP contribution < -0.4 is 10.4 Å². The second kappa shape index (κ2) is 2.48. The van der Waals surface area contributed by atoms with Gasteiger partial charge < -0.3 is 0 Å². The van der Waals surface area contributed by atoms with Crippen LogP contribution in [-0.4, -0.2) is 0 Å². The normalized spacial score (nSPS) is 15.0. The Hall–Kier alpha value is -1.56. The fourth-order valence-corrected chi connectivity index (χ4v) is 2.37. The second-order valence-electron chi connectivity index (χ2n) is 3.96. The fraction of sp³-hybridized carbons (Fsp3) is 0.143. The van der Waals surface area contributed by atoms with Gasteiger partial charge in [0, 0.05) is 0 Å². The smallest absolute Gasteiger partial charge is 0.0103 e. The topological polar surface area (TPSA) is 0 Å². The SMILES string of the molecule is Cc1c(C)c2c(c3c1=CC=C3)C=CC=2. The Balaban J connectivity index is 2.62. The van der Waals surface area contributed by atoms with Crippen molar-refractivity contribution in [2.24, 2.45) is 0 Å². The van der Waals surface area contributed by atoms with Gasteiger partial charge in [0.05, 0.1) is 0 Å². The number of rotatable bonds is 0. The van der Waals surface area contributed by atoms with Crippen LogP contribution in [0.1, 0.15) is 22.3 Å². The first kappa shape index (κ1) is 7.81. The second-order valence-corrected chi connectivity index (χ2v) is 3.96. The molecule has 14 heavy (non-hydrogen) atoms. The molecule has 0 saturated heterocycles. The summed E-state index contributed by atoms with van der Waals surface area (Å²) in [6, 6.07) is 0. The number of allylic oxidation sites excluding steroid dienone is 2.